The second kappa shape index (κ2) is 6.90. The van der Waals surface area contributed by atoms with Gasteiger partial charge in [0, 0.05) is 22.0 Å². The molecule has 0 amide bonds. The van der Waals surface area contributed by atoms with Crippen LogP contribution in [-0.4, -0.2) is 29.3 Å². The first-order valence-corrected chi connectivity index (χ1v) is 7.54. The topological polar surface area (TPSA) is 62.3 Å². The highest BCUT2D eigenvalue weighted by molar-refractivity contribution is 9.10. The van der Waals surface area contributed by atoms with E-state index in [1.165, 1.54) is 0 Å². The van der Waals surface area contributed by atoms with Crippen molar-refractivity contribution in [2.24, 2.45) is 0 Å². The van der Waals surface area contributed by atoms with E-state index >= 15 is 0 Å². The van der Waals surface area contributed by atoms with Gasteiger partial charge in [-0.25, -0.2) is 4.79 Å². The number of aromatic nitrogens is 1. The highest BCUT2D eigenvalue weighted by Crippen LogP contribution is 2.27. The highest BCUT2D eigenvalue weighted by atomic mass is 79.9. The molecule has 1 aromatic carbocycles. The molecule has 0 spiro atoms. The highest BCUT2D eigenvalue weighted by Gasteiger charge is 2.18. The lowest BCUT2D eigenvalue weighted by atomic mass is 10.0. The molecule has 0 unspecified atom stereocenters. The maximum Gasteiger partial charge on any atom is 0.355 e. The first kappa shape index (κ1) is 15.1. The molecule has 2 rings (SSSR count). The van der Waals surface area contributed by atoms with Crippen molar-refractivity contribution in [1.29, 1.82) is 0 Å². The van der Waals surface area contributed by atoms with Crippen molar-refractivity contribution in [2.75, 3.05) is 13.2 Å². The first-order chi connectivity index (χ1) is 9.67. The number of benzene rings is 1. The third kappa shape index (κ3) is 3.22. The van der Waals surface area contributed by atoms with E-state index in [9.17, 15) is 4.79 Å². The van der Waals surface area contributed by atoms with Crippen molar-refractivity contribution in [3.8, 4) is 0 Å². The SMILES string of the molecule is CCOC(=O)c1[nH]c2ccc(Br)cc2c1CCCCO. The molecule has 20 heavy (non-hydrogen) atoms. The minimum absolute atomic E-state index is 0.167. The molecule has 108 valence electrons. The molecule has 0 saturated carbocycles. The maximum atomic E-state index is 12.0. The lowest BCUT2D eigenvalue weighted by Gasteiger charge is -2.04. The van der Waals surface area contributed by atoms with Gasteiger partial charge in [-0.3, -0.25) is 0 Å². The number of hydrogen-bond donors (Lipinski definition) is 2. The van der Waals surface area contributed by atoms with Gasteiger partial charge < -0.3 is 14.8 Å². The Balaban J connectivity index is 2.43. The van der Waals surface area contributed by atoms with Crippen LogP contribution in [0.15, 0.2) is 22.7 Å². The van der Waals surface area contributed by atoms with E-state index < -0.39 is 0 Å². The molecule has 0 radical (unpaired) electrons. The van der Waals surface area contributed by atoms with Gasteiger partial charge in [0.15, 0.2) is 0 Å². The summed E-state index contributed by atoms with van der Waals surface area (Å²) in [5.74, 6) is -0.321. The van der Waals surface area contributed by atoms with E-state index in [1.54, 1.807) is 6.92 Å². The summed E-state index contributed by atoms with van der Waals surface area (Å²) in [5, 5.41) is 9.94. The number of aromatic amines is 1. The fourth-order valence-corrected chi connectivity index (χ4v) is 2.63. The number of hydrogen-bond acceptors (Lipinski definition) is 3. The van der Waals surface area contributed by atoms with Gasteiger partial charge in [0.25, 0.3) is 0 Å². The Morgan fingerprint density at radius 3 is 2.90 bits per heavy atom. The fourth-order valence-electron chi connectivity index (χ4n) is 2.27. The van der Waals surface area contributed by atoms with Crippen LogP contribution in [0.2, 0.25) is 0 Å². The van der Waals surface area contributed by atoms with Gasteiger partial charge in [-0.2, -0.15) is 0 Å². The van der Waals surface area contributed by atoms with Crippen LogP contribution in [-0.2, 0) is 11.2 Å². The number of carbonyl (C=O) groups excluding carboxylic acids is 1. The van der Waals surface area contributed by atoms with Crippen molar-refractivity contribution in [1.82, 2.24) is 4.98 Å². The quantitative estimate of drug-likeness (QED) is 0.626. The minimum atomic E-state index is -0.321. The predicted octanol–water partition coefficient (Wildman–Crippen LogP) is 3.42. The predicted molar refractivity (Wildman–Crippen MR) is 82.0 cm³/mol. The molecule has 0 bridgehead atoms. The van der Waals surface area contributed by atoms with E-state index in [0.29, 0.717) is 12.3 Å². The van der Waals surface area contributed by atoms with Gasteiger partial charge in [-0.15, -0.1) is 0 Å². The monoisotopic (exact) mass is 339 g/mol. The summed E-state index contributed by atoms with van der Waals surface area (Å²) < 4.78 is 6.08. The van der Waals surface area contributed by atoms with Crippen molar-refractivity contribution in [3.63, 3.8) is 0 Å². The lowest BCUT2D eigenvalue weighted by Crippen LogP contribution is -2.08. The number of ether oxygens (including phenoxy) is 1. The van der Waals surface area contributed by atoms with Crippen LogP contribution in [0.4, 0.5) is 0 Å². The third-order valence-electron chi connectivity index (χ3n) is 3.18. The molecule has 5 heteroatoms. The van der Waals surface area contributed by atoms with Crippen molar-refractivity contribution >= 4 is 32.8 Å². The molecule has 2 N–H and O–H groups in total. The summed E-state index contributed by atoms with van der Waals surface area (Å²) in [6.07, 6.45) is 2.30. The number of carbonyl (C=O) groups is 1. The number of unbranched alkanes of at least 4 members (excludes halogenated alkanes) is 1. The summed E-state index contributed by atoms with van der Waals surface area (Å²) >= 11 is 3.46. The number of rotatable bonds is 6. The molecule has 0 saturated heterocycles. The number of esters is 1. The van der Waals surface area contributed by atoms with E-state index in [0.717, 1.165) is 40.2 Å². The zero-order valence-electron chi connectivity index (χ0n) is 11.4. The molecule has 0 atom stereocenters. The number of fused-ring (bicyclic) bond motifs is 1. The van der Waals surface area contributed by atoms with Crippen molar-refractivity contribution < 1.29 is 14.6 Å². The van der Waals surface area contributed by atoms with Crippen LogP contribution in [0.3, 0.4) is 0 Å². The van der Waals surface area contributed by atoms with E-state index in [-0.39, 0.29) is 12.6 Å². The molecule has 0 aliphatic heterocycles. The molecule has 0 aliphatic rings. The Morgan fingerprint density at radius 2 is 2.20 bits per heavy atom. The molecule has 4 nitrogen and oxygen atoms in total. The zero-order chi connectivity index (χ0) is 14.5. The van der Waals surface area contributed by atoms with Crippen LogP contribution in [0.1, 0.15) is 35.8 Å². The van der Waals surface area contributed by atoms with E-state index in [4.69, 9.17) is 9.84 Å². The van der Waals surface area contributed by atoms with Crippen LogP contribution in [0.25, 0.3) is 10.9 Å². The first-order valence-electron chi connectivity index (χ1n) is 6.75. The Morgan fingerprint density at radius 1 is 1.40 bits per heavy atom. The molecular formula is C15H18BrNO3. The average molecular weight is 340 g/mol. The Bertz CT molecular complexity index is 606. The molecule has 1 heterocycles. The largest absolute Gasteiger partial charge is 0.461 e. The van der Waals surface area contributed by atoms with Crippen molar-refractivity contribution in [2.45, 2.75) is 26.2 Å². The average Bonchev–Trinajstić information content (AvgIpc) is 2.78. The second-order valence-electron chi connectivity index (χ2n) is 4.57. The van der Waals surface area contributed by atoms with Gasteiger partial charge in [0.1, 0.15) is 5.69 Å². The number of aliphatic hydroxyl groups excluding tert-OH is 1. The van der Waals surface area contributed by atoms with Crippen LogP contribution in [0.5, 0.6) is 0 Å². The second-order valence-corrected chi connectivity index (χ2v) is 5.49. The van der Waals surface area contributed by atoms with Gasteiger partial charge in [0.2, 0.25) is 0 Å². The third-order valence-corrected chi connectivity index (χ3v) is 3.68. The normalized spacial score (nSPS) is 10.9. The maximum absolute atomic E-state index is 12.0. The summed E-state index contributed by atoms with van der Waals surface area (Å²) in [7, 11) is 0. The number of aliphatic hydroxyl groups is 1. The Hall–Kier alpha value is -1.33. The summed E-state index contributed by atoms with van der Waals surface area (Å²) in [6, 6.07) is 5.88. The van der Waals surface area contributed by atoms with E-state index in [1.807, 2.05) is 18.2 Å². The number of H-pyrrole nitrogens is 1. The molecule has 2 aromatic rings. The minimum Gasteiger partial charge on any atom is -0.461 e. The molecule has 1 aromatic heterocycles. The number of aryl methyl sites for hydroxylation is 1. The molecule has 0 aliphatic carbocycles. The smallest absolute Gasteiger partial charge is 0.355 e. The standard InChI is InChI=1S/C15H18BrNO3/c1-2-20-15(19)14-11(5-3-4-8-18)12-9-10(16)6-7-13(12)17-14/h6-7,9,17-18H,2-5,8H2,1H3. The summed E-state index contributed by atoms with van der Waals surface area (Å²) in [6.45, 7) is 2.32. The van der Waals surface area contributed by atoms with Crippen LogP contribution in [0, 0.1) is 0 Å². The van der Waals surface area contributed by atoms with E-state index in [2.05, 4.69) is 20.9 Å². The molecular weight excluding hydrogens is 322 g/mol. The van der Waals surface area contributed by atoms with Crippen LogP contribution >= 0.6 is 15.9 Å². The zero-order valence-corrected chi connectivity index (χ0v) is 13.0. The molecule has 0 fully saturated rings. The summed E-state index contributed by atoms with van der Waals surface area (Å²) in [4.78, 5) is 15.2. The van der Waals surface area contributed by atoms with Crippen LogP contribution < -0.4 is 0 Å². The number of nitrogens with one attached hydrogen (secondary N) is 1. The summed E-state index contributed by atoms with van der Waals surface area (Å²) in [5.41, 5.74) is 2.42. The van der Waals surface area contributed by atoms with Gasteiger partial charge >= 0.3 is 5.97 Å². The van der Waals surface area contributed by atoms with Gasteiger partial charge in [-0.1, -0.05) is 15.9 Å². The fraction of sp³-hybridized carbons (Fsp3) is 0.400. The Kier molecular flexibility index (Phi) is 5.20. The van der Waals surface area contributed by atoms with Gasteiger partial charge in [0.05, 0.1) is 6.61 Å². The number of halogens is 1. The van der Waals surface area contributed by atoms with Gasteiger partial charge in [-0.05, 0) is 49.9 Å². The lowest BCUT2D eigenvalue weighted by molar-refractivity contribution is 0.0519. The van der Waals surface area contributed by atoms with Crippen molar-refractivity contribution in [3.05, 3.63) is 33.9 Å². The Labute approximate surface area is 126 Å².